The van der Waals surface area contributed by atoms with Crippen molar-refractivity contribution in [2.75, 3.05) is 20.2 Å². The molecule has 2 amide bonds. The van der Waals surface area contributed by atoms with Gasteiger partial charge in [0, 0.05) is 25.3 Å². The molecule has 2 aromatic rings. The molecule has 0 aliphatic carbocycles. The lowest BCUT2D eigenvalue weighted by Crippen LogP contribution is -2.38. The number of nitrogens with zero attached hydrogens (tertiary/aromatic N) is 2. The number of ether oxygens (including phenoxy) is 1. The summed E-state index contributed by atoms with van der Waals surface area (Å²) in [6.45, 7) is 1.09. The van der Waals surface area contributed by atoms with Crippen LogP contribution in [0.4, 0.5) is 0 Å². The SMILES string of the molecule is COc1ccccc1C(=O)NC1CCN(C(=O)c2ccccn2)C1. The Balaban J connectivity index is 1.62. The van der Waals surface area contributed by atoms with Crippen molar-refractivity contribution in [2.45, 2.75) is 12.5 Å². The second-order valence-corrected chi connectivity index (χ2v) is 5.63. The number of carbonyl (C=O) groups excluding carboxylic acids is 2. The Morgan fingerprint density at radius 1 is 1.21 bits per heavy atom. The van der Waals surface area contributed by atoms with Crippen molar-refractivity contribution in [1.82, 2.24) is 15.2 Å². The summed E-state index contributed by atoms with van der Waals surface area (Å²) in [6.07, 6.45) is 2.32. The molecule has 1 N–H and O–H groups in total. The molecular formula is C18H19N3O3. The monoisotopic (exact) mass is 325 g/mol. The molecule has 1 aliphatic rings. The zero-order valence-electron chi connectivity index (χ0n) is 13.4. The van der Waals surface area contributed by atoms with Crippen LogP contribution < -0.4 is 10.1 Å². The highest BCUT2D eigenvalue weighted by molar-refractivity contribution is 5.97. The molecule has 6 heteroatoms. The third-order valence-corrected chi connectivity index (χ3v) is 4.05. The van der Waals surface area contributed by atoms with Crippen molar-refractivity contribution >= 4 is 11.8 Å². The zero-order valence-corrected chi connectivity index (χ0v) is 13.4. The summed E-state index contributed by atoms with van der Waals surface area (Å²) in [5.74, 6) is 0.239. The molecule has 0 spiro atoms. The van der Waals surface area contributed by atoms with Gasteiger partial charge in [-0.2, -0.15) is 0 Å². The molecule has 1 aliphatic heterocycles. The van der Waals surface area contributed by atoms with Crippen LogP contribution in [0, 0.1) is 0 Å². The van der Waals surface area contributed by atoms with Crippen LogP contribution in [-0.4, -0.2) is 47.9 Å². The van der Waals surface area contributed by atoms with Gasteiger partial charge in [-0.3, -0.25) is 14.6 Å². The third-order valence-electron chi connectivity index (χ3n) is 4.05. The summed E-state index contributed by atoms with van der Waals surface area (Å²) >= 11 is 0. The average molecular weight is 325 g/mol. The molecular weight excluding hydrogens is 306 g/mol. The molecule has 0 saturated carbocycles. The minimum absolute atomic E-state index is 0.0740. The fraction of sp³-hybridized carbons (Fsp3) is 0.278. The number of likely N-dealkylation sites (tertiary alicyclic amines) is 1. The van der Waals surface area contributed by atoms with Gasteiger partial charge in [-0.15, -0.1) is 0 Å². The highest BCUT2D eigenvalue weighted by Crippen LogP contribution is 2.18. The number of benzene rings is 1. The van der Waals surface area contributed by atoms with E-state index in [1.54, 1.807) is 47.5 Å². The van der Waals surface area contributed by atoms with E-state index in [0.29, 0.717) is 30.1 Å². The minimum atomic E-state index is -0.190. The van der Waals surface area contributed by atoms with Crippen LogP contribution in [0.1, 0.15) is 27.3 Å². The maximum absolute atomic E-state index is 12.4. The topological polar surface area (TPSA) is 71.5 Å². The lowest BCUT2D eigenvalue weighted by Gasteiger charge is -2.17. The van der Waals surface area contributed by atoms with E-state index in [1.165, 1.54) is 7.11 Å². The van der Waals surface area contributed by atoms with Crippen molar-refractivity contribution in [3.63, 3.8) is 0 Å². The van der Waals surface area contributed by atoms with Crippen molar-refractivity contribution in [3.05, 3.63) is 59.9 Å². The number of nitrogens with one attached hydrogen (secondary N) is 1. The first-order valence-electron chi connectivity index (χ1n) is 7.83. The molecule has 1 saturated heterocycles. The first kappa shape index (κ1) is 16.0. The van der Waals surface area contributed by atoms with E-state index in [1.807, 2.05) is 6.07 Å². The van der Waals surface area contributed by atoms with Crippen LogP contribution in [0.2, 0.25) is 0 Å². The lowest BCUT2D eigenvalue weighted by atomic mass is 10.1. The summed E-state index contributed by atoms with van der Waals surface area (Å²) < 4.78 is 5.21. The Kier molecular flexibility index (Phi) is 4.74. The number of aromatic nitrogens is 1. The Bertz CT molecular complexity index is 733. The van der Waals surface area contributed by atoms with Crippen molar-refractivity contribution < 1.29 is 14.3 Å². The van der Waals surface area contributed by atoms with Gasteiger partial charge < -0.3 is 15.0 Å². The third kappa shape index (κ3) is 3.37. The first-order valence-corrected chi connectivity index (χ1v) is 7.83. The molecule has 1 aromatic carbocycles. The highest BCUT2D eigenvalue weighted by Gasteiger charge is 2.29. The molecule has 1 aromatic heterocycles. The van der Waals surface area contributed by atoms with Gasteiger partial charge in [0.05, 0.1) is 12.7 Å². The normalized spacial score (nSPS) is 16.7. The molecule has 3 rings (SSSR count). The molecule has 6 nitrogen and oxygen atoms in total. The second kappa shape index (κ2) is 7.12. The van der Waals surface area contributed by atoms with Crippen molar-refractivity contribution in [3.8, 4) is 5.75 Å². The molecule has 1 unspecified atom stereocenters. The predicted molar refractivity (Wildman–Crippen MR) is 89.0 cm³/mol. The zero-order chi connectivity index (χ0) is 16.9. The van der Waals surface area contributed by atoms with Crippen LogP contribution in [0.25, 0.3) is 0 Å². The van der Waals surface area contributed by atoms with Gasteiger partial charge in [0.2, 0.25) is 0 Å². The molecule has 0 radical (unpaired) electrons. The van der Waals surface area contributed by atoms with Crippen LogP contribution in [0.5, 0.6) is 5.75 Å². The van der Waals surface area contributed by atoms with E-state index in [-0.39, 0.29) is 17.9 Å². The molecule has 1 atom stereocenters. The molecule has 1 fully saturated rings. The number of hydrogen-bond acceptors (Lipinski definition) is 4. The van der Waals surface area contributed by atoms with Crippen molar-refractivity contribution in [2.24, 2.45) is 0 Å². The van der Waals surface area contributed by atoms with E-state index in [9.17, 15) is 9.59 Å². The standard InChI is InChI=1S/C18H19N3O3/c1-24-16-8-3-2-6-14(16)17(22)20-13-9-11-21(12-13)18(23)15-7-4-5-10-19-15/h2-8,10,13H,9,11-12H2,1H3,(H,20,22). The maximum atomic E-state index is 12.4. The quantitative estimate of drug-likeness (QED) is 0.929. The summed E-state index contributed by atoms with van der Waals surface area (Å²) in [6, 6.07) is 12.3. The summed E-state index contributed by atoms with van der Waals surface area (Å²) in [5.41, 5.74) is 0.920. The molecule has 24 heavy (non-hydrogen) atoms. The van der Waals surface area contributed by atoms with Crippen molar-refractivity contribution in [1.29, 1.82) is 0 Å². The Morgan fingerprint density at radius 2 is 2.00 bits per heavy atom. The largest absolute Gasteiger partial charge is 0.496 e. The fourth-order valence-corrected chi connectivity index (χ4v) is 2.81. The Labute approximate surface area is 140 Å². The Morgan fingerprint density at radius 3 is 2.75 bits per heavy atom. The summed E-state index contributed by atoms with van der Waals surface area (Å²) in [7, 11) is 1.54. The van der Waals surface area contributed by atoms with E-state index in [4.69, 9.17) is 4.74 Å². The van der Waals surface area contributed by atoms with E-state index in [2.05, 4.69) is 10.3 Å². The second-order valence-electron chi connectivity index (χ2n) is 5.63. The van der Waals surface area contributed by atoms with Gasteiger partial charge >= 0.3 is 0 Å². The minimum Gasteiger partial charge on any atom is -0.496 e. The van der Waals surface area contributed by atoms with E-state index < -0.39 is 0 Å². The predicted octanol–water partition coefficient (Wildman–Crippen LogP) is 1.73. The Hall–Kier alpha value is -2.89. The number of hydrogen-bond donors (Lipinski definition) is 1. The molecule has 2 heterocycles. The number of carbonyl (C=O) groups is 2. The number of pyridine rings is 1. The number of rotatable bonds is 4. The van der Waals surface area contributed by atoms with Crippen LogP contribution >= 0.6 is 0 Å². The van der Waals surface area contributed by atoms with Gasteiger partial charge in [0.25, 0.3) is 11.8 Å². The number of amides is 2. The van der Waals surface area contributed by atoms with Crippen LogP contribution in [-0.2, 0) is 0 Å². The van der Waals surface area contributed by atoms with Gasteiger partial charge in [-0.25, -0.2) is 0 Å². The molecule has 0 bridgehead atoms. The van der Waals surface area contributed by atoms with Gasteiger partial charge in [0.15, 0.2) is 0 Å². The number of para-hydroxylation sites is 1. The van der Waals surface area contributed by atoms with Gasteiger partial charge in [-0.05, 0) is 30.7 Å². The maximum Gasteiger partial charge on any atom is 0.272 e. The van der Waals surface area contributed by atoms with Crippen LogP contribution in [0.15, 0.2) is 48.7 Å². The van der Waals surface area contributed by atoms with E-state index >= 15 is 0 Å². The first-order chi connectivity index (χ1) is 11.7. The number of methoxy groups -OCH3 is 1. The van der Waals surface area contributed by atoms with Gasteiger partial charge in [0.1, 0.15) is 11.4 Å². The summed E-state index contributed by atoms with van der Waals surface area (Å²) in [5, 5.41) is 2.97. The lowest BCUT2D eigenvalue weighted by molar-refractivity contribution is 0.0777. The fourth-order valence-electron chi connectivity index (χ4n) is 2.81. The van der Waals surface area contributed by atoms with Gasteiger partial charge in [-0.1, -0.05) is 18.2 Å². The van der Waals surface area contributed by atoms with Crippen LogP contribution in [0.3, 0.4) is 0 Å². The average Bonchev–Trinajstić information content (AvgIpc) is 3.10. The smallest absolute Gasteiger partial charge is 0.272 e. The van der Waals surface area contributed by atoms with E-state index in [0.717, 1.165) is 6.42 Å². The highest BCUT2D eigenvalue weighted by atomic mass is 16.5. The molecule has 124 valence electrons. The summed E-state index contributed by atoms with van der Waals surface area (Å²) in [4.78, 5) is 30.6.